The van der Waals surface area contributed by atoms with E-state index in [0.29, 0.717) is 0 Å². The van der Waals surface area contributed by atoms with Crippen molar-refractivity contribution < 1.29 is 27.5 Å². The van der Waals surface area contributed by atoms with E-state index in [1.165, 1.54) is 17.0 Å². The minimum Gasteiger partial charge on any atom is -0.465 e. The Bertz CT molecular complexity index is 1330. The topological polar surface area (TPSA) is 91.6 Å². The molecule has 1 atom stereocenters. The number of rotatable bonds is 3. The van der Waals surface area contributed by atoms with Crippen molar-refractivity contribution in [2.24, 2.45) is 0 Å². The first-order valence-corrected chi connectivity index (χ1v) is 10.7. The molecule has 1 aliphatic rings. The number of anilines is 1. The van der Waals surface area contributed by atoms with Crippen molar-refractivity contribution in [1.29, 1.82) is 0 Å². The van der Waals surface area contributed by atoms with E-state index in [-0.39, 0.29) is 47.7 Å². The molecule has 2 aromatic carbocycles. The Morgan fingerprint density at radius 1 is 1.11 bits per heavy atom. The van der Waals surface area contributed by atoms with Gasteiger partial charge in [0.25, 0.3) is 0 Å². The molecular formula is C22H18ClF4N5O3. The highest BCUT2D eigenvalue weighted by Gasteiger charge is 2.31. The zero-order valence-corrected chi connectivity index (χ0v) is 18.9. The van der Waals surface area contributed by atoms with Crippen LogP contribution in [0.5, 0.6) is 0 Å². The van der Waals surface area contributed by atoms with Crippen molar-refractivity contribution in [2.45, 2.75) is 19.1 Å². The molecule has 3 aromatic rings. The third-order valence-corrected chi connectivity index (χ3v) is 5.82. The molecule has 13 heteroatoms. The van der Waals surface area contributed by atoms with Crippen LogP contribution in [0.25, 0.3) is 17.1 Å². The number of hydrogen-bond acceptors (Lipinski definition) is 5. The molecular weight excluding hydrogens is 494 g/mol. The highest BCUT2D eigenvalue weighted by Crippen LogP contribution is 2.31. The van der Waals surface area contributed by atoms with Crippen LogP contribution in [0.15, 0.2) is 47.3 Å². The van der Waals surface area contributed by atoms with Gasteiger partial charge in [-0.25, -0.2) is 18.5 Å². The summed E-state index contributed by atoms with van der Waals surface area (Å²) >= 11 is 5.85. The first-order valence-electron chi connectivity index (χ1n) is 10.3. The molecule has 0 spiro atoms. The van der Waals surface area contributed by atoms with Gasteiger partial charge in [-0.1, -0.05) is 11.6 Å². The minimum absolute atomic E-state index is 0.00274. The maximum atomic E-state index is 14.9. The second kappa shape index (κ2) is 9.17. The molecule has 1 aromatic heterocycles. The summed E-state index contributed by atoms with van der Waals surface area (Å²) in [5.41, 5.74) is -1.93. The number of amides is 1. The lowest BCUT2D eigenvalue weighted by Gasteiger charge is -2.38. The second-order valence-corrected chi connectivity index (χ2v) is 8.34. The van der Waals surface area contributed by atoms with Gasteiger partial charge in [0.2, 0.25) is 5.95 Å². The molecule has 35 heavy (non-hydrogen) atoms. The van der Waals surface area contributed by atoms with E-state index in [2.05, 4.69) is 9.97 Å². The quantitative estimate of drug-likeness (QED) is 0.527. The molecule has 4 rings (SSSR count). The van der Waals surface area contributed by atoms with E-state index in [1.807, 2.05) is 0 Å². The van der Waals surface area contributed by atoms with Gasteiger partial charge in [-0.05, 0) is 49.4 Å². The smallest absolute Gasteiger partial charge is 0.416 e. The van der Waals surface area contributed by atoms with Gasteiger partial charge in [-0.3, -0.25) is 0 Å². The summed E-state index contributed by atoms with van der Waals surface area (Å²) in [6, 6.07) is 7.00. The van der Waals surface area contributed by atoms with Gasteiger partial charge < -0.3 is 14.9 Å². The molecule has 0 bridgehead atoms. The van der Waals surface area contributed by atoms with Crippen molar-refractivity contribution in [1.82, 2.24) is 19.4 Å². The molecule has 0 saturated carbocycles. The van der Waals surface area contributed by atoms with Crippen LogP contribution in [-0.2, 0) is 6.18 Å². The van der Waals surface area contributed by atoms with Gasteiger partial charge in [0.15, 0.2) is 5.82 Å². The number of alkyl halides is 3. The monoisotopic (exact) mass is 511 g/mol. The summed E-state index contributed by atoms with van der Waals surface area (Å²) in [4.78, 5) is 35.6. The van der Waals surface area contributed by atoms with Crippen molar-refractivity contribution in [3.05, 3.63) is 69.4 Å². The average molecular weight is 512 g/mol. The summed E-state index contributed by atoms with van der Waals surface area (Å²) < 4.78 is 54.8. The van der Waals surface area contributed by atoms with Crippen LogP contribution in [0.4, 0.5) is 28.3 Å². The molecule has 1 N–H and O–H groups in total. The Kier molecular flexibility index (Phi) is 6.41. The average Bonchev–Trinajstić information content (AvgIpc) is 2.78. The lowest BCUT2D eigenvalue weighted by Crippen LogP contribution is -2.54. The summed E-state index contributed by atoms with van der Waals surface area (Å²) in [6.07, 6.45) is -5.66. The third-order valence-electron chi connectivity index (χ3n) is 5.59. The molecule has 2 heterocycles. The van der Waals surface area contributed by atoms with E-state index in [0.717, 1.165) is 34.9 Å². The predicted octanol–water partition coefficient (Wildman–Crippen LogP) is 4.29. The van der Waals surface area contributed by atoms with Crippen molar-refractivity contribution in [3.8, 4) is 17.1 Å². The van der Waals surface area contributed by atoms with E-state index < -0.39 is 35.4 Å². The number of piperazine rings is 1. The van der Waals surface area contributed by atoms with E-state index in [4.69, 9.17) is 11.6 Å². The van der Waals surface area contributed by atoms with E-state index in [9.17, 15) is 32.3 Å². The van der Waals surface area contributed by atoms with Crippen LogP contribution in [-0.4, -0.2) is 56.3 Å². The van der Waals surface area contributed by atoms with Crippen LogP contribution in [0.1, 0.15) is 12.5 Å². The van der Waals surface area contributed by atoms with E-state index >= 15 is 0 Å². The number of hydrogen-bond donors (Lipinski definition) is 1. The van der Waals surface area contributed by atoms with E-state index in [1.54, 1.807) is 11.8 Å². The van der Waals surface area contributed by atoms with Crippen LogP contribution in [0, 0.1) is 5.82 Å². The number of halogens is 5. The third kappa shape index (κ3) is 4.92. The summed E-state index contributed by atoms with van der Waals surface area (Å²) in [6.45, 7) is 2.18. The van der Waals surface area contributed by atoms with Gasteiger partial charge in [-0.2, -0.15) is 23.1 Å². The number of carboxylic acid groups (broad SMARTS) is 1. The summed E-state index contributed by atoms with van der Waals surface area (Å²) in [5, 5.41) is 9.39. The minimum atomic E-state index is -4.58. The normalized spacial score (nSPS) is 16.5. The maximum Gasteiger partial charge on any atom is 0.416 e. The Balaban J connectivity index is 1.84. The standard InChI is InChI=1S/C22H18ClF4N5O3/c1-12-11-30(8-9-31(12)21(34)35)19-28-18(16-7-4-14(23)10-17(16)24)32(20(33)29-19)15-5-2-13(3-6-15)22(25,26)27/h2-7,10,12H,8-9,11H2,1H3,(H,34,35). The maximum absolute atomic E-state index is 14.9. The first kappa shape index (κ1) is 24.5. The molecule has 1 aliphatic heterocycles. The molecule has 1 fully saturated rings. The fraction of sp³-hybridized carbons (Fsp3) is 0.273. The lowest BCUT2D eigenvalue weighted by molar-refractivity contribution is -0.137. The SMILES string of the molecule is CC1CN(c2nc(-c3ccc(Cl)cc3F)n(-c3ccc(C(F)(F)F)cc3)c(=O)n2)CCN1C(=O)O. The number of carbonyl (C=O) groups is 1. The largest absolute Gasteiger partial charge is 0.465 e. The van der Waals surface area contributed by atoms with Gasteiger partial charge >= 0.3 is 18.0 Å². The van der Waals surface area contributed by atoms with Crippen molar-refractivity contribution >= 4 is 23.6 Å². The van der Waals surface area contributed by atoms with Gasteiger partial charge in [-0.15, -0.1) is 0 Å². The van der Waals surface area contributed by atoms with Crippen LogP contribution < -0.4 is 10.6 Å². The second-order valence-electron chi connectivity index (χ2n) is 7.91. The summed E-state index contributed by atoms with van der Waals surface area (Å²) in [7, 11) is 0. The highest BCUT2D eigenvalue weighted by atomic mass is 35.5. The fourth-order valence-corrected chi connectivity index (χ4v) is 4.00. The van der Waals surface area contributed by atoms with Gasteiger partial charge in [0.1, 0.15) is 5.82 Å². The Morgan fingerprint density at radius 2 is 1.80 bits per heavy atom. The molecule has 1 saturated heterocycles. The first-order chi connectivity index (χ1) is 16.5. The van der Waals surface area contributed by atoms with Crippen molar-refractivity contribution in [3.63, 3.8) is 0 Å². The number of benzene rings is 2. The fourth-order valence-electron chi connectivity index (χ4n) is 3.84. The molecule has 0 aliphatic carbocycles. The van der Waals surface area contributed by atoms with Crippen molar-refractivity contribution in [2.75, 3.05) is 24.5 Å². The van der Waals surface area contributed by atoms with Crippen LogP contribution in [0.3, 0.4) is 0 Å². The molecule has 184 valence electrons. The number of nitrogens with zero attached hydrogens (tertiary/aromatic N) is 5. The van der Waals surface area contributed by atoms with Crippen LogP contribution in [0.2, 0.25) is 5.02 Å². The lowest BCUT2D eigenvalue weighted by atomic mass is 10.1. The molecule has 8 nitrogen and oxygen atoms in total. The summed E-state index contributed by atoms with van der Waals surface area (Å²) in [5.74, 6) is -1.05. The highest BCUT2D eigenvalue weighted by molar-refractivity contribution is 6.30. The molecule has 1 unspecified atom stereocenters. The Hall–Kier alpha value is -3.67. The number of aromatic nitrogens is 3. The van der Waals surface area contributed by atoms with Gasteiger partial charge in [0, 0.05) is 30.7 Å². The molecule has 1 amide bonds. The Labute approximate surface area is 201 Å². The zero-order valence-electron chi connectivity index (χ0n) is 18.1. The zero-order chi connectivity index (χ0) is 25.5. The predicted molar refractivity (Wildman–Crippen MR) is 119 cm³/mol. The van der Waals surface area contributed by atoms with Crippen LogP contribution >= 0.6 is 11.6 Å². The Morgan fingerprint density at radius 3 is 2.37 bits per heavy atom. The molecule has 0 radical (unpaired) electrons. The van der Waals surface area contributed by atoms with Gasteiger partial charge in [0.05, 0.1) is 16.8 Å².